The van der Waals surface area contributed by atoms with Gasteiger partial charge in [-0.15, -0.1) is 11.3 Å². The van der Waals surface area contributed by atoms with Gasteiger partial charge in [0.05, 0.1) is 27.4 Å². The molecule has 8 nitrogen and oxygen atoms in total. The highest BCUT2D eigenvalue weighted by Crippen LogP contribution is 2.27. The molecular weight excluding hydrogens is 398 g/mol. The Morgan fingerprint density at radius 3 is 2.89 bits per heavy atom. The molecular formula is C18H13N5O3S2. The van der Waals surface area contributed by atoms with Crippen LogP contribution >= 0.6 is 23.1 Å². The molecule has 0 saturated carbocycles. The number of carbonyl (C=O) groups excluding carboxylic acids is 1. The third-order valence-electron chi connectivity index (χ3n) is 3.81. The van der Waals surface area contributed by atoms with Gasteiger partial charge in [-0.05, 0) is 12.1 Å². The molecule has 0 aliphatic carbocycles. The highest BCUT2D eigenvalue weighted by atomic mass is 32.2. The first kappa shape index (κ1) is 18.1. The summed E-state index contributed by atoms with van der Waals surface area (Å²) in [7, 11) is 0. The summed E-state index contributed by atoms with van der Waals surface area (Å²) >= 11 is 2.57. The molecule has 0 fully saturated rings. The minimum atomic E-state index is -0.451. The van der Waals surface area contributed by atoms with Crippen LogP contribution in [0.25, 0.3) is 22.3 Å². The van der Waals surface area contributed by atoms with Crippen molar-refractivity contribution in [2.75, 3.05) is 11.1 Å². The number of anilines is 1. The average Bonchev–Trinajstić information content (AvgIpc) is 3.33. The highest BCUT2D eigenvalue weighted by molar-refractivity contribution is 7.99. The first-order valence-corrected chi connectivity index (χ1v) is 10.0. The van der Waals surface area contributed by atoms with Crippen molar-refractivity contribution >= 4 is 50.9 Å². The number of nitrogens with zero attached hydrogens (tertiary/aromatic N) is 3. The van der Waals surface area contributed by atoms with Crippen molar-refractivity contribution in [1.82, 2.24) is 15.0 Å². The van der Waals surface area contributed by atoms with Crippen LogP contribution in [0, 0.1) is 10.1 Å². The van der Waals surface area contributed by atoms with Crippen LogP contribution < -0.4 is 5.32 Å². The molecule has 4 aromatic rings. The summed E-state index contributed by atoms with van der Waals surface area (Å²) in [6.07, 6.45) is 0. The molecule has 4 rings (SSSR count). The van der Waals surface area contributed by atoms with Gasteiger partial charge in [0.2, 0.25) is 5.91 Å². The van der Waals surface area contributed by atoms with Gasteiger partial charge < -0.3 is 10.3 Å². The van der Waals surface area contributed by atoms with E-state index in [1.54, 1.807) is 17.5 Å². The number of hydrogen-bond acceptors (Lipinski definition) is 7. The number of para-hydroxylation sites is 2. The van der Waals surface area contributed by atoms with Gasteiger partial charge in [0.1, 0.15) is 0 Å². The van der Waals surface area contributed by atoms with Crippen LogP contribution in [0.1, 0.15) is 0 Å². The van der Waals surface area contributed by atoms with Crippen molar-refractivity contribution in [3.63, 3.8) is 0 Å². The molecule has 0 spiro atoms. The number of benzene rings is 2. The number of nitro groups is 1. The van der Waals surface area contributed by atoms with Crippen molar-refractivity contribution in [2.24, 2.45) is 0 Å². The fourth-order valence-electron chi connectivity index (χ4n) is 2.53. The van der Waals surface area contributed by atoms with E-state index >= 15 is 0 Å². The van der Waals surface area contributed by atoms with E-state index in [-0.39, 0.29) is 17.3 Å². The van der Waals surface area contributed by atoms with Crippen molar-refractivity contribution in [1.29, 1.82) is 0 Å². The molecule has 0 unspecified atom stereocenters. The second kappa shape index (κ2) is 7.79. The number of fused-ring (bicyclic) bond motifs is 1. The summed E-state index contributed by atoms with van der Waals surface area (Å²) in [5.41, 5.74) is 2.98. The number of nitrogens with one attached hydrogen (secondary N) is 2. The van der Waals surface area contributed by atoms with E-state index in [0.717, 1.165) is 11.0 Å². The summed E-state index contributed by atoms with van der Waals surface area (Å²) in [6.45, 7) is 0. The lowest BCUT2D eigenvalue weighted by Gasteiger charge is -2.00. The highest BCUT2D eigenvalue weighted by Gasteiger charge is 2.12. The molecule has 2 N–H and O–H groups in total. The first-order chi connectivity index (χ1) is 13.6. The third-order valence-corrected chi connectivity index (χ3v) is 5.44. The van der Waals surface area contributed by atoms with Crippen LogP contribution in [0.4, 0.5) is 10.8 Å². The predicted octanol–water partition coefficient (Wildman–Crippen LogP) is 4.33. The quantitative estimate of drug-likeness (QED) is 0.277. The fourth-order valence-corrected chi connectivity index (χ4v) is 3.95. The SMILES string of the molecule is O=C(CSc1nc2ccccc2[nH]1)Nc1nc(-c2cccc([N+](=O)[O-])c2)cs1. The molecule has 0 bridgehead atoms. The molecule has 1 amide bonds. The molecule has 2 heterocycles. The molecule has 0 radical (unpaired) electrons. The smallest absolute Gasteiger partial charge is 0.270 e. The van der Waals surface area contributed by atoms with Gasteiger partial charge in [-0.25, -0.2) is 9.97 Å². The zero-order chi connectivity index (χ0) is 19.5. The van der Waals surface area contributed by atoms with E-state index in [1.807, 2.05) is 24.3 Å². The van der Waals surface area contributed by atoms with Gasteiger partial charge in [-0.2, -0.15) is 0 Å². The summed E-state index contributed by atoms with van der Waals surface area (Å²) in [5.74, 6) is -0.0173. The number of hydrogen-bond donors (Lipinski definition) is 2. The Kier molecular flexibility index (Phi) is 5.04. The second-order valence-corrected chi connectivity index (χ2v) is 7.56. The number of nitro benzene ring substituents is 1. The van der Waals surface area contributed by atoms with Crippen LogP contribution in [-0.2, 0) is 4.79 Å². The molecule has 0 saturated heterocycles. The Labute approximate surface area is 167 Å². The molecule has 140 valence electrons. The predicted molar refractivity (Wildman–Crippen MR) is 110 cm³/mol. The zero-order valence-corrected chi connectivity index (χ0v) is 15.9. The Morgan fingerprint density at radius 1 is 1.21 bits per heavy atom. The number of thioether (sulfide) groups is 1. The van der Waals surface area contributed by atoms with Gasteiger partial charge in [0.25, 0.3) is 5.69 Å². The largest absolute Gasteiger partial charge is 0.333 e. The van der Waals surface area contributed by atoms with Crippen LogP contribution in [0.3, 0.4) is 0 Å². The van der Waals surface area contributed by atoms with E-state index in [0.29, 0.717) is 21.5 Å². The molecule has 2 aromatic heterocycles. The second-order valence-electron chi connectivity index (χ2n) is 5.74. The van der Waals surface area contributed by atoms with Crippen molar-refractivity contribution in [2.45, 2.75) is 5.16 Å². The molecule has 10 heteroatoms. The van der Waals surface area contributed by atoms with Crippen LogP contribution in [0.5, 0.6) is 0 Å². The van der Waals surface area contributed by atoms with Gasteiger partial charge in [-0.1, -0.05) is 36.0 Å². The van der Waals surface area contributed by atoms with Crippen LogP contribution in [-0.4, -0.2) is 31.5 Å². The first-order valence-electron chi connectivity index (χ1n) is 8.16. The van der Waals surface area contributed by atoms with Crippen LogP contribution in [0.2, 0.25) is 0 Å². The Bertz CT molecular complexity index is 1140. The zero-order valence-electron chi connectivity index (χ0n) is 14.3. The van der Waals surface area contributed by atoms with Gasteiger partial charge in [0, 0.05) is 23.1 Å². The van der Waals surface area contributed by atoms with E-state index in [9.17, 15) is 14.9 Å². The Balaban J connectivity index is 1.38. The summed E-state index contributed by atoms with van der Waals surface area (Å²) < 4.78 is 0. The number of rotatable bonds is 6. The molecule has 2 aromatic carbocycles. The lowest BCUT2D eigenvalue weighted by Crippen LogP contribution is -2.13. The molecule has 0 atom stereocenters. The van der Waals surface area contributed by atoms with E-state index in [1.165, 1.54) is 35.2 Å². The number of aromatic nitrogens is 3. The topological polar surface area (TPSA) is 114 Å². The fraction of sp³-hybridized carbons (Fsp3) is 0.0556. The summed E-state index contributed by atoms with van der Waals surface area (Å²) in [4.78, 5) is 34.6. The maximum Gasteiger partial charge on any atom is 0.270 e. The van der Waals surface area contributed by atoms with E-state index < -0.39 is 4.92 Å². The number of carbonyl (C=O) groups is 1. The normalized spacial score (nSPS) is 10.9. The van der Waals surface area contributed by atoms with Gasteiger partial charge in [0.15, 0.2) is 10.3 Å². The molecule has 0 aliphatic rings. The number of thiazole rings is 1. The maximum absolute atomic E-state index is 12.2. The maximum atomic E-state index is 12.2. The number of non-ortho nitro benzene ring substituents is 1. The Morgan fingerprint density at radius 2 is 2.07 bits per heavy atom. The van der Waals surface area contributed by atoms with Gasteiger partial charge in [-0.3, -0.25) is 14.9 Å². The third kappa shape index (κ3) is 4.02. The summed E-state index contributed by atoms with van der Waals surface area (Å²) in [6, 6.07) is 13.9. The van der Waals surface area contributed by atoms with Crippen molar-refractivity contribution in [3.8, 4) is 11.3 Å². The van der Waals surface area contributed by atoms with Crippen molar-refractivity contribution < 1.29 is 9.72 Å². The minimum Gasteiger partial charge on any atom is -0.333 e. The Hall–Kier alpha value is -3.24. The lowest BCUT2D eigenvalue weighted by molar-refractivity contribution is -0.384. The minimum absolute atomic E-state index is 0.00156. The van der Waals surface area contributed by atoms with Gasteiger partial charge >= 0.3 is 0 Å². The standard InChI is InChI=1S/C18H13N5O3S2/c24-16(10-28-17-19-13-6-1-2-7-14(13)20-17)22-18-21-15(9-27-18)11-4-3-5-12(8-11)23(25)26/h1-9H,10H2,(H,19,20)(H,21,22,24). The van der Waals surface area contributed by atoms with Crippen molar-refractivity contribution in [3.05, 3.63) is 64.0 Å². The monoisotopic (exact) mass is 411 g/mol. The number of amides is 1. The van der Waals surface area contributed by atoms with E-state index in [4.69, 9.17) is 0 Å². The number of aromatic amines is 1. The molecule has 0 aliphatic heterocycles. The number of imidazole rings is 1. The number of H-pyrrole nitrogens is 1. The van der Waals surface area contributed by atoms with Crippen LogP contribution in [0.15, 0.2) is 59.1 Å². The average molecular weight is 411 g/mol. The summed E-state index contributed by atoms with van der Waals surface area (Å²) in [5, 5.41) is 16.5. The van der Waals surface area contributed by atoms with E-state index in [2.05, 4.69) is 20.3 Å². The molecule has 28 heavy (non-hydrogen) atoms. The lowest BCUT2D eigenvalue weighted by atomic mass is 10.1.